The minimum absolute atomic E-state index is 0.0483. The average molecular weight is 449 g/mol. The minimum atomic E-state index is -7.91. The zero-order chi connectivity index (χ0) is 23.0. The number of ether oxygens (including phenoxy) is 1. The molecule has 0 aliphatic carbocycles. The largest absolute Gasteiger partial charge is 0.460 e. The maximum Gasteiger partial charge on any atom is 0.460 e. The van der Waals surface area contributed by atoms with Crippen LogP contribution in [0.3, 0.4) is 0 Å². The van der Waals surface area contributed by atoms with E-state index < -0.39 is 54.5 Å². The molecule has 0 unspecified atom stereocenters. The topological polar surface area (TPSA) is 21.3 Å². The van der Waals surface area contributed by atoms with Gasteiger partial charge in [0.15, 0.2) is 0 Å². The third kappa shape index (κ3) is 4.00. The van der Waals surface area contributed by atoms with E-state index in [2.05, 4.69) is 4.74 Å². The number of rotatable bonds is 10. The van der Waals surface area contributed by atoms with Crippen LogP contribution in [0.1, 0.15) is 20.3 Å². The fraction of sp³-hybridized carbons (Fsp3) is 1.00. The summed E-state index contributed by atoms with van der Waals surface area (Å²) in [6, 6.07) is -3.13. The molecule has 28 heavy (non-hydrogen) atoms. The summed E-state index contributed by atoms with van der Waals surface area (Å²) >= 11 is 0. The van der Waals surface area contributed by atoms with Crippen LogP contribution in [0.15, 0.2) is 0 Å². The molecule has 0 saturated heterocycles. The first-order valence-electron chi connectivity index (χ1n) is 7.40. The van der Waals surface area contributed by atoms with Crippen LogP contribution in [-0.4, -0.2) is 61.6 Å². The SMILES string of the molecule is CCCN[C@@H]([C@H](C)OC)C(F)(F)C(F)(F)C(F)(F)C(F)(F)C(F)(F)C(F)(F)F. The summed E-state index contributed by atoms with van der Waals surface area (Å²) in [5.74, 6) is -37.0. The summed E-state index contributed by atoms with van der Waals surface area (Å²) < 4.78 is 175. The van der Waals surface area contributed by atoms with Gasteiger partial charge in [0.25, 0.3) is 0 Å². The van der Waals surface area contributed by atoms with Crippen molar-refractivity contribution in [1.29, 1.82) is 0 Å². The van der Waals surface area contributed by atoms with Gasteiger partial charge in [-0.3, -0.25) is 0 Å². The fourth-order valence-electron chi connectivity index (χ4n) is 2.00. The summed E-state index contributed by atoms with van der Waals surface area (Å²) in [5.41, 5.74) is 0. The highest BCUT2D eigenvalue weighted by atomic mass is 19.4. The van der Waals surface area contributed by atoms with Gasteiger partial charge in [-0.15, -0.1) is 0 Å². The fourth-order valence-corrected chi connectivity index (χ4v) is 2.00. The van der Waals surface area contributed by atoms with Gasteiger partial charge < -0.3 is 10.1 Å². The van der Waals surface area contributed by atoms with Crippen molar-refractivity contribution in [1.82, 2.24) is 5.32 Å². The molecule has 0 spiro atoms. The molecule has 0 rings (SSSR count). The number of halogens is 13. The first kappa shape index (κ1) is 27.0. The molecule has 0 aromatic heterocycles. The summed E-state index contributed by atoms with van der Waals surface area (Å²) in [6.45, 7) is 1.40. The van der Waals surface area contributed by atoms with Gasteiger partial charge in [-0.2, -0.15) is 57.1 Å². The smallest absolute Gasteiger partial charge is 0.380 e. The molecule has 0 saturated carbocycles. The van der Waals surface area contributed by atoms with Crippen LogP contribution in [0.4, 0.5) is 57.1 Å². The highest BCUT2D eigenvalue weighted by molar-refractivity contribution is 5.13. The predicted octanol–water partition coefficient (Wildman–Crippen LogP) is 5.13. The summed E-state index contributed by atoms with van der Waals surface area (Å²) in [5, 5.41) is 1.62. The van der Waals surface area contributed by atoms with Gasteiger partial charge in [0.2, 0.25) is 0 Å². The monoisotopic (exact) mass is 449 g/mol. The molecule has 0 aromatic rings. The van der Waals surface area contributed by atoms with E-state index in [9.17, 15) is 57.1 Å². The Morgan fingerprint density at radius 2 is 1.11 bits per heavy atom. The van der Waals surface area contributed by atoms with E-state index in [1.54, 1.807) is 5.32 Å². The zero-order valence-corrected chi connectivity index (χ0v) is 14.4. The van der Waals surface area contributed by atoms with E-state index in [1.807, 2.05) is 0 Å². The molecule has 0 fully saturated rings. The Bertz CT molecular complexity index is 517. The number of hydrogen-bond acceptors (Lipinski definition) is 2. The van der Waals surface area contributed by atoms with E-state index in [1.165, 1.54) is 6.92 Å². The minimum Gasteiger partial charge on any atom is -0.380 e. The van der Waals surface area contributed by atoms with Crippen LogP contribution in [0, 0.1) is 0 Å². The zero-order valence-electron chi connectivity index (χ0n) is 14.4. The molecule has 2 nitrogen and oxygen atoms in total. The van der Waals surface area contributed by atoms with Gasteiger partial charge in [-0.05, 0) is 19.9 Å². The van der Waals surface area contributed by atoms with Gasteiger partial charge in [0.05, 0.1) is 6.10 Å². The molecule has 0 radical (unpaired) electrons. The normalized spacial score (nSPS) is 17.6. The Hall–Kier alpha value is -0.990. The van der Waals surface area contributed by atoms with E-state index in [-0.39, 0.29) is 6.42 Å². The molecule has 170 valence electrons. The number of alkyl halides is 13. The quantitative estimate of drug-likeness (QED) is 0.467. The standard InChI is InChI=1S/C13H16F13NO/c1-4-5-27-7(6(2)28-3)8(14,15)9(16,17)10(18,19)11(20,21)12(22,23)13(24,25)26/h6-7,27H,4-5H2,1-3H3/t6-,7-/m0/s1. The van der Waals surface area contributed by atoms with Crippen molar-refractivity contribution in [3.05, 3.63) is 0 Å². The van der Waals surface area contributed by atoms with Crippen molar-refractivity contribution in [3.8, 4) is 0 Å². The predicted molar refractivity (Wildman–Crippen MR) is 69.3 cm³/mol. The second kappa shape index (κ2) is 8.03. The van der Waals surface area contributed by atoms with E-state index in [4.69, 9.17) is 0 Å². The lowest BCUT2D eigenvalue weighted by atomic mass is 9.89. The molecule has 0 aliphatic heterocycles. The maximum absolute atomic E-state index is 14.1. The van der Waals surface area contributed by atoms with Crippen molar-refractivity contribution in [2.75, 3.05) is 13.7 Å². The highest BCUT2D eigenvalue weighted by Crippen LogP contribution is 2.60. The van der Waals surface area contributed by atoms with Crippen LogP contribution in [0.5, 0.6) is 0 Å². The van der Waals surface area contributed by atoms with Crippen LogP contribution < -0.4 is 5.32 Å². The molecule has 1 N–H and O–H groups in total. The summed E-state index contributed by atoms with van der Waals surface area (Å²) in [4.78, 5) is 0. The lowest BCUT2D eigenvalue weighted by molar-refractivity contribution is -0.442. The number of methoxy groups -OCH3 is 1. The molecular formula is C13H16F13NO. The Morgan fingerprint density at radius 1 is 0.714 bits per heavy atom. The molecule has 0 heterocycles. The van der Waals surface area contributed by atoms with Crippen molar-refractivity contribution in [2.45, 2.75) is 68.2 Å². The molecule has 0 bridgehead atoms. The van der Waals surface area contributed by atoms with Gasteiger partial charge in [-0.1, -0.05) is 6.92 Å². The van der Waals surface area contributed by atoms with Gasteiger partial charge in [0, 0.05) is 7.11 Å². The molecule has 2 atom stereocenters. The van der Waals surface area contributed by atoms with Crippen molar-refractivity contribution < 1.29 is 61.8 Å². The summed E-state index contributed by atoms with van der Waals surface area (Å²) in [6.07, 6.45) is -9.53. The third-order valence-electron chi connectivity index (χ3n) is 3.80. The van der Waals surface area contributed by atoms with E-state index >= 15 is 0 Å². The lowest BCUT2D eigenvalue weighted by Gasteiger charge is -2.42. The second-order valence-electron chi connectivity index (χ2n) is 5.79. The lowest BCUT2D eigenvalue weighted by Crippen LogP contribution is -2.73. The van der Waals surface area contributed by atoms with E-state index in [0.29, 0.717) is 14.0 Å². The Morgan fingerprint density at radius 3 is 1.43 bits per heavy atom. The number of nitrogens with one attached hydrogen (secondary N) is 1. The van der Waals surface area contributed by atoms with E-state index in [0.717, 1.165) is 0 Å². The van der Waals surface area contributed by atoms with Crippen molar-refractivity contribution in [3.63, 3.8) is 0 Å². The van der Waals surface area contributed by atoms with Crippen LogP contribution in [0.2, 0.25) is 0 Å². The average Bonchev–Trinajstić information content (AvgIpc) is 2.52. The molecule has 0 aromatic carbocycles. The second-order valence-corrected chi connectivity index (χ2v) is 5.79. The maximum atomic E-state index is 14.1. The van der Waals surface area contributed by atoms with Crippen molar-refractivity contribution >= 4 is 0 Å². The molecule has 15 heteroatoms. The summed E-state index contributed by atoms with van der Waals surface area (Å²) in [7, 11) is 0.657. The Balaban J connectivity index is 6.42. The molecule has 0 amide bonds. The highest BCUT2D eigenvalue weighted by Gasteiger charge is 2.91. The Kier molecular flexibility index (Phi) is 7.75. The van der Waals surface area contributed by atoms with Gasteiger partial charge in [-0.25, -0.2) is 0 Å². The van der Waals surface area contributed by atoms with Crippen LogP contribution in [0.25, 0.3) is 0 Å². The Labute approximate surface area is 150 Å². The molecule has 0 aliphatic rings. The van der Waals surface area contributed by atoms with Crippen LogP contribution in [-0.2, 0) is 4.74 Å². The van der Waals surface area contributed by atoms with Crippen LogP contribution >= 0.6 is 0 Å². The number of hydrogen-bond donors (Lipinski definition) is 1. The van der Waals surface area contributed by atoms with Gasteiger partial charge in [0.1, 0.15) is 6.04 Å². The first-order chi connectivity index (χ1) is 12.2. The molecular weight excluding hydrogens is 433 g/mol. The third-order valence-corrected chi connectivity index (χ3v) is 3.80. The van der Waals surface area contributed by atoms with Gasteiger partial charge >= 0.3 is 35.8 Å². The first-order valence-corrected chi connectivity index (χ1v) is 7.40. The van der Waals surface area contributed by atoms with Crippen molar-refractivity contribution in [2.24, 2.45) is 0 Å².